The maximum Gasteiger partial charge on any atom is 0.0437 e. The van der Waals surface area contributed by atoms with Gasteiger partial charge in [0.15, 0.2) is 0 Å². The van der Waals surface area contributed by atoms with Gasteiger partial charge in [-0.2, -0.15) is 0 Å². The number of hydrogen-bond donors (Lipinski definition) is 0. The lowest BCUT2D eigenvalue weighted by Gasteiger charge is -2.03. The summed E-state index contributed by atoms with van der Waals surface area (Å²) >= 11 is 0. The van der Waals surface area contributed by atoms with Crippen molar-refractivity contribution in [2.45, 2.75) is 27.2 Å². The number of aryl methyl sites for hydroxylation is 1. The van der Waals surface area contributed by atoms with Gasteiger partial charge in [-0.15, -0.1) is 0 Å². The molecule has 0 aliphatic heterocycles. The molecular weight excluding hydrogens is 232 g/mol. The lowest BCUT2D eigenvalue weighted by atomic mass is 10.0. The van der Waals surface area contributed by atoms with Crippen molar-refractivity contribution in [3.05, 3.63) is 60.2 Å². The van der Waals surface area contributed by atoms with Gasteiger partial charge in [0.2, 0.25) is 0 Å². The van der Waals surface area contributed by atoms with E-state index >= 15 is 0 Å². The lowest BCUT2D eigenvalue weighted by molar-refractivity contribution is 0.162. The Morgan fingerprint density at radius 2 is 1.37 bits per heavy atom. The van der Waals surface area contributed by atoms with Gasteiger partial charge in [-0.05, 0) is 37.0 Å². The highest BCUT2D eigenvalue weighted by Crippen LogP contribution is 2.19. The average molecular weight is 256 g/mol. The molecule has 0 atom stereocenters. The van der Waals surface area contributed by atoms with Crippen molar-refractivity contribution in [1.82, 2.24) is 0 Å². The Hall–Kier alpha value is -1.60. The quantitative estimate of drug-likeness (QED) is 0.751. The van der Waals surface area contributed by atoms with E-state index in [0.29, 0.717) is 0 Å². The maximum absolute atomic E-state index is 4.83. The molecule has 0 bridgehead atoms. The summed E-state index contributed by atoms with van der Waals surface area (Å²) in [6.45, 7) is 7.85. The van der Waals surface area contributed by atoms with Gasteiger partial charge in [0.25, 0.3) is 0 Å². The van der Waals surface area contributed by atoms with Gasteiger partial charge in [0, 0.05) is 13.2 Å². The lowest BCUT2D eigenvalue weighted by Crippen LogP contribution is -1.84. The first kappa shape index (κ1) is 15.5. The summed E-state index contributed by atoms with van der Waals surface area (Å²) in [6, 6.07) is 19.2. The molecule has 0 aliphatic rings. The molecule has 0 aromatic heterocycles. The fourth-order valence-electron chi connectivity index (χ4n) is 1.81. The molecule has 2 aromatic rings. The zero-order valence-electron chi connectivity index (χ0n) is 12.2. The van der Waals surface area contributed by atoms with Gasteiger partial charge >= 0.3 is 0 Å². The van der Waals surface area contributed by atoms with Crippen molar-refractivity contribution in [3.63, 3.8) is 0 Å². The van der Waals surface area contributed by atoms with Crippen LogP contribution in [0.25, 0.3) is 11.1 Å². The van der Waals surface area contributed by atoms with Crippen molar-refractivity contribution in [2.75, 3.05) is 13.2 Å². The van der Waals surface area contributed by atoms with Crippen molar-refractivity contribution >= 4 is 0 Å². The molecular formula is C18H24O. The van der Waals surface area contributed by atoms with Crippen molar-refractivity contribution in [3.8, 4) is 11.1 Å². The van der Waals surface area contributed by atoms with Crippen LogP contribution in [0.15, 0.2) is 54.6 Å². The van der Waals surface area contributed by atoms with Gasteiger partial charge in [-0.3, -0.25) is 0 Å². The normalized spacial score (nSPS) is 9.63. The molecule has 0 radical (unpaired) electrons. The van der Waals surface area contributed by atoms with Crippen molar-refractivity contribution < 1.29 is 4.74 Å². The van der Waals surface area contributed by atoms with Crippen LogP contribution in [0, 0.1) is 0 Å². The minimum atomic E-state index is 0.844. The molecule has 0 N–H and O–H groups in total. The van der Waals surface area contributed by atoms with Crippen LogP contribution in [0.3, 0.4) is 0 Å². The molecule has 0 fully saturated rings. The zero-order valence-corrected chi connectivity index (χ0v) is 12.2. The first-order valence-electron chi connectivity index (χ1n) is 7.03. The summed E-state index contributed by atoms with van der Waals surface area (Å²) in [5.74, 6) is 0. The Bertz CT molecular complexity index is 446. The van der Waals surface area contributed by atoms with Crippen LogP contribution < -0.4 is 0 Å². The van der Waals surface area contributed by atoms with E-state index in [2.05, 4.69) is 55.5 Å². The third-order valence-corrected chi connectivity index (χ3v) is 2.85. The Morgan fingerprint density at radius 3 is 1.89 bits per heavy atom. The average Bonchev–Trinajstić information content (AvgIpc) is 2.50. The summed E-state index contributed by atoms with van der Waals surface area (Å²) in [6.07, 6.45) is 1.10. The predicted octanol–water partition coefficient (Wildman–Crippen LogP) is 4.96. The third kappa shape index (κ3) is 5.71. The van der Waals surface area contributed by atoms with E-state index in [1.54, 1.807) is 0 Å². The predicted molar refractivity (Wildman–Crippen MR) is 83.4 cm³/mol. The highest BCUT2D eigenvalue weighted by molar-refractivity contribution is 5.63. The second kappa shape index (κ2) is 9.35. The molecule has 0 amide bonds. The van der Waals surface area contributed by atoms with Gasteiger partial charge in [0.05, 0.1) is 0 Å². The number of benzene rings is 2. The fourth-order valence-corrected chi connectivity index (χ4v) is 1.81. The molecule has 2 aromatic carbocycles. The highest BCUT2D eigenvalue weighted by atomic mass is 16.5. The summed E-state index contributed by atoms with van der Waals surface area (Å²) in [5, 5.41) is 0. The Labute approximate surface area is 117 Å². The van der Waals surface area contributed by atoms with Gasteiger partial charge < -0.3 is 4.74 Å². The summed E-state index contributed by atoms with van der Waals surface area (Å²) < 4.78 is 4.83. The van der Waals surface area contributed by atoms with Gasteiger partial charge in [0.1, 0.15) is 0 Å². The molecule has 0 spiro atoms. The minimum Gasteiger partial charge on any atom is -0.382 e. The maximum atomic E-state index is 4.83. The Kier molecular flexibility index (Phi) is 7.60. The molecule has 102 valence electrons. The second-order valence-corrected chi connectivity index (χ2v) is 4.20. The van der Waals surface area contributed by atoms with Crippen LogP contribution in [0.5, 0.6) is 0 Å². The Balaban J connectivity index is 0.000000312. The largest absolute Gasteiger partial charge is 0.382 e. The van der Waals surface area contributed by atoms with Crippen LogP contribution in [0.4, 0.5) is 0 Å². The summed E-state index contributed by atoms with van der Waals surface area (Å²) in [7, 11) is 0. The van der Waals surface area contributed by atoms with Gasteiger partial charge in [-0.25, -0.2) is 0 Å². The Morgan fingerprint density at radius 1 is 0.737 bits per heavy atom. The van der Waals surface area contributed by atoms with E-state index in [1.165, 1.54) is 16.7 Å². The molecule has 0 saturated heterocycles. The van der Waals surface area contributed by atoms with Crippen LogP contribution in [-0.2, 0) is 11.2 Å². The molecule has 1 heteroatoms. The first-order valence-corrected chi connectivity index (χ1v) is 7.03. The van der Waals surface area contributed by atoms with E-state index in [1.807, 2.05) is 19.9 Å². The first-order chi connectivity index (χ1) is 9.31. The van der Waals surface area contributed by atoms with Crippen molar-refractivity contribution in [1.29, 1.82) is 0 Å². The van der Waals surface area contributed by atoms with Crippen LogP contribution in [0.2, 0.25) is 0 Å². The fraction of sp³-hybridized carbons (Fsp3) is 0.333. The standard InChI is InChI=1S/C14H14.C4H10O/c1-2-12-7-6-10-14(11-12)13-8-4-3-5-9-13;1-3-5-4-2/h3-11H,2H2,1H3;3-4H2,1-2H3. The molecule has 19 heavy (non-hydrogen) atoms. The van der Waals surface area contributed by atoms with E-state index in [9.17, 15) is 0 Å². The molecule has 0 unspecified atom stereocenters. The SMILES string of the molecule is CCOCC.CCc1cccc(-c2ccccc2)c1. The van der Waals surface area contributed by atoms with E-state index in [4.69, 9.17) is 4.74 Å². The van der Waals surface area contributed by atoms with Crippen LogP contribution in [-0.4, -0.2) is 13.2 Å². The highest BCUT2D eigenvalue weighted by Gasteiger charge is 1.96. The molecule has 1 nitrogen and oxygen atoms in total. The smallest absolute Gasteiger partial charge is 0.0437 e. The van der Waals surface area contributed by atoms with E-state index in [0.717, 1.165) is 19.6 Å². The van der Waals surface area contributed by atoms with Crippen LogP contribution >= 0.6 is 0 Å². The molecule has 0 saturated carbocycles. The number of hydrogen-bond acceptors (Lipinski definition) is 1. The summed E-state index contributed by atoms with van der Waals surface area (Å²) in [5.41, 5.74) is 4.00. The molecule has 0 heterocycles. The third-order valence-electron chi connectivity index (χ3n) is 2.85. The zero-order chi connectivity index (χ0) is 13.9. The van der Waals surface area contributed by atoms with Gasteiger partial charge in [-0.1, -0.05) is 61.5 Å². The number of ether oxygens (including phenoxy) is 1. The minimum absolute atomic E-state index is 0.844. The summed E-state index contributed by atoms with van der Waals surface area (Å²) in [4.78, 5) is 0. The van der Waals surface area contributed by atoms with Crippen LogP contribution in [0.1, 0.15) is 26.3 Å². The number of rotatable bonds is 4. The second-order valence-electron chi connectivity index (χ2n) is 4.20. The van der Waals surface area contributed by atoms with E-state index < -0.39 is 0 Å². The molecule has 0 aliphatic carbocycles. The molecule has 2 rings (SSSR count). The topological polar surface area (TPSA) is 9.23 Å². The van der Waals surface area contributed by atoms with E-state index in [-0.39, 0.29) is 0 Å². The monoisotopic (exact) mass is 256 g/mol. The van der Waals surface area contributed by atoms with Crippen molar-refractivity contribution in [2.24, 2.45) is 0 Å².